The Hall–Kier alpha value is -1.69. The van der Waals surface area contributed by atoms with Gasteiger partial charge in [-0.1, -0.05) is 5.16 Å². The predicted octanol–water partition coefficient (Wildman–Crippen LogP) is 0.739. The van der Waals surface area contributed by atoms with E-state index in [-0.39, 0.29) is 5.54 Å². The molecule has 6 heteroatoms. The Morgan fingerprint density at radius 1 is 1.53 bits per heavy atom. The van der Waals surface area contributed by atoms with Crippen LogP contribution in [0, 0.1) is 0 Å². The van der Waals surface area contributed by atoms with Gasteiger partial charge in [-0.05, 0) is 13.8 Å². The zero-order valence-electron chi connectivity index (χ0n) is 8.69. The first-order valence-electron chi connectivity index (χ1n) is 4.66. The normalized spacial score (nSPS) is 11.9. The van der Waals surface area contributed by atoms with E-state index in [9.17, 15) is 0 Å². The third-order valence-corrected chi connectivity index (χ3v) is 1.78. The van der Waals surface area contributed by atoms with Crippen LogP contribution in [0.25, 0.3) is 11.6 Å². The van der Waals surface area contributed by atoms with E-state index in [1.807, 2.05) is 13.8 Å². The summed E-state index contributed by atoms with van der Waals surface area (Å²) in [6.45, 7) is 3.81. The van der Waals surface area contributed by atoms with Crippen LogP contribution in [-0.2, 0) is 6.42 Å². The van der Waals surface area contributed by atoms with Crippen molar-refractivity contribution in [2.24, 2.45) is 5.73 Å². The topological polar surface area (TPSA) is 93.6 Å². The van der Waals surface area contributed by atoms with Crippen molar-refractivity contribution in [1.29, 1.82) is 0 Å². The average molecular weight is 207 g/mol. The summed E-state index contributed by atoms with van der Waals surface area (Å²) in [7, 11) is 0. The Labute approximate surface area is 86.9 Å². The number of nitrogens with zero attached hydrogens (tertiary/aromatic N) is 3. The second kappa shape index (κ2) is 3.47. The predicted molar refractivity (Wildman–Crippen MR) is 53.9 cm³/mol. The number of H-pyrrole nitrogens is 1. The van der Waals surface area contributed by atoms with Gasteiger partial charge in [-0.15, -0.1) is 0 Å². The van der Waals surface area contributed by atoms with Crippen LogP contribution in [0.5, 0.6) is 0 Å². The van der Waals surface area contributed by atoms with E-state index in [1.165, 1.54) is 0 Å². The Balaban J connectivity index is 2.18. The first-order chi connectivity index (χ1) is 7.04. The first kappa shape index (κ1) is 9.85. The summed E-state index contributed by atoms with van der Waals surface area (Å²) in [5.74, 6) is 1.58. The molecule has 2 aromatic rings. The fourth-order valence-corrected chi connectivity index (χ4v) is 1.20. The molecule has 2 rings (SSSR count). The van der Waals surface area contributed by atoms with Crippen LogP contribution in [-0.4, -0.2) is 25.6 Å². The second-order valence-electron chi connectivity index (χ2n) is 4.11. The van der Waals surface area contributed by atoms with Gasteiger partial charge in [0.05, 0.1) is 0 Å². The zero-order chi connectivity index (χ0) is 10.9. The molecule has 80 valence electrons. The fourth-order valence-electron chi connectivity index (χ4n) is 1.20. The Bertz CT molecular complexity index is 426. The minimum atomic E-state index is -0.354. The van der Waals surface area contributed by atoms with Gasteiger partial charge in [-0.3, -0.25) is 0 Å². The summed E-state index contributed by atoms with van der Waals surface area (Å²) in [4.78, 5) is 11.1. The maximum absolute atomic E-state index is 5.84. The summed E-state index contributed by atoms with van der Waals surface area (Å²) in [5.41, 5.74) is 5.49. The van der Waals surface area contributed by atoms with Crippen molar-refractivity contribution in [3.8, 4) is 11.6 Å². The van der Waals surface area contributed by atoms with Gasteiger partial charge in [0.15, 0.2) is 5.82 Å². The van der Waals surface area contributed by atoms with Crippen LogP contribution in [0.15, 0.2) is 16.9 Å². The Morgan fingerprint density at radius 3 is 2.93 bits per heavy atom. The third-order valence-electron chi connectivity index (χ3n) is 1.78. The SMILES string of the molecule is CC(C)(N)Cc1nc(-c2ncc[nH]2)no1. The molecule has 0 atom stereocenters. The van der Waals surface area contributed by atoms with Crippen molar-refractivity contribution in [1.82, 2.24) is 20.1 Å². The molecule has 0 aliphatic heterocycles. The van der Waals surface area contributed by atoms with Crippen molar-refractivity contribution in [2.75, 3.05) is 0 Å². The lowest BCUT2D eigenvalue weighted by Crippen LogP contribution is -2.34. The number of nitrogens with two attached hydrogens (primary N) is 1. The van der Waals surface area contributed by atoms with E-state index in [1.54, 1.807) is 12.4 Å². The number of rotatable bonds is 3. The lowest BCUT2D eigenvalue weighted by molar-refractivity contribution is 0.348. The highest BCUT2D eigenvalue weighted by molar-refractivity contribution is 5.40. The number of imidazole rings is 1. The maximum Gasteiger partial charge on any atom is 0.238 e. The zero-order valence-corrected chi connectivity index (χ0v) is 8.69. The molecule has 0 unspecified atom stereocenters. The monoisotopic (exact) mass is 207 g/mol. The van der Waals surface area contributed by atoms with Gasteiger partial charge < -0.3 is 15.2 Å². The van der Waals surface area contributed by atoms with Crippen LogP contribution >= 0.6 is 0 Å². The highest BCUT2D eigenvalue weighted by atomic mass is 16.5. The Kier molecular flexibility index (Phi) is 2.28. The quantitative estimate of drug-likeness (QED) is 0.774. The summed E-state index contributed by atoms with van der Waals surface area (Å²) in [6, 6.07) is 0. The minimum Gasteiger partial charge on any atom is -0.342 e. The van der Waals surface area contributed by atoms with Gasteiger partial charge in [0.25, 0.3) is 0 Å². The van der Waals surface area contributed by atoms with Crippen LogP contribution < -0.4 is 5.73 Å². The molecule has 0 saturated carbocycles. The molecular weight excluding hydrogens is 194 g/mol. The van der Waals surface area contributed by atoms with Crippen molar-refractivity contribution in [2.45, 2.75) is 25.8 Å². The minimum absolute atomic E-state index is 0.354. The summed E-state index contributed by atoms with van der Waals surface area (Å²) >= 11 is 0. The van der Waals surface area contributed by atoms with Gasteiger partial charge in [-0.25, -0.2) is 4.98 Å². The summed E-state index contributed by atoms with van der Waals surface area (Å²) in [6.07, 6.45) is 3.89. The molecular formula is C9H13N5O. The molecule has 0 aromatic carbocycles. The fraction of sp³-hybridized carbons (Fsp3) is 0.444. The average Bonchev–Trinajstić information content (AvgIpc) is 2.68. The lowest BCUT2D eigenvalue weighted by Gasteiger charge is -2.14. The first-order valence-corrected chi connectivity index (χ1v) is 4.66. The van der Waals surface area contributed by atoms with E-state index < -0.39 is 0 Å². The number of aromatic nitrogens is 4. The van der Waals surface area contributed by atoms with E-state index in [0.29, 0.717) is 24.0 Å². The van der Waals surface area contributed by atoms with Crippen molar-refractivity contribution in [3.05, 3.63) is 18.3 Å². The molecule has 0 radical (unpaired) electrons. The van der Waals surface area contributed by atoms with Crippen LogP contribution in [0.1, 0.15) is 19.7 Å². The van der Waals surface area contributed by atoms with Gasteiger partial charge in [0.1, 0.15) is 0 Å². The number of aromatic amines is 1. The van der Waals surface area contributed by atoms with Crippen molar-refractivity contribution < 1.29 is 4.52 Å². The van der Waals surface area contributed by atoms with Gasteiger partial charge >= 0.3 is 0 Å². The van der Waals surface area contributed by atoms with E-state index in [0.717, 1.165) is 0 Å². The number of hydrogen-bond donors (Lipinski definition) is 2. The molecule has 0 aliphatic rings. The van der Waals surface area contributed by atoms with Crippen LogP contribution in [0.3, 0.4) is 0 Å². The number of hydrogen-bond acceptors (Lipinski definition) is 5. The van der Waals surface area contributed by atoms with Crippen molar-refractivity contribution in [3.63, 3.8) is 0 Å². The van der Waals surface area contributed by atoms with Gasteiger partial charge in [0.2, 0.25) is 11.7 Å². The second-order valence-corrected chi connectivity index (χ2v) is 4.11. The molecule has 3 N–H and O–H groups in total. The smallest absolute Gasteiger partial charge is 0.238 e. The van der Waals surface area contributed by atoms with Gasteiger partial charge in [0, 0.05) is 24.4 Å². The van der Waals surface area contributed by atoms with Crippen molar-refractivity contribution >= 4 is 0 Å². The van der Waals surface area contributed by atoms with Gasteiger partial charge in [-0.2, -0.15) is 4.98 Å². The molecule has 0 saturated heterocycles. The molecule has 0 bridgehead atoms. The van der Waals surface area contributed by atoms with E-state index in [4.69, 9.17) is 10.3 Å². The standard InChI is InChI=1S/C9H13N5O/c1-9(2,10)5-6-13-8(14-15-6)7-11-3-4-12-7/h3-4H,5,10H2,1-2H3,(H,11,12). The summed E-state index contributed by atoms with van der Waals surface area (Å²) in [5, 5.41) is 3.81. The highest BCUT2D eigenvalue weighted by Crippen LogP contribution is 2.13. The molecule has 0 aliphatic carbocycles. The number of nitrogens with one attached hydrogen (secondary N) is 1. The summed E-state index contributed by atoms with van der Waals surface area (Å²) < 4.78 is 5.06. The molecule has 6 nitrogen and oxygen atoms in total. The molecule has 2 heterocycles. The third kappa shape index (κ3) is 2.41. The van der Waals surface area contributed by atoms with Crippen LogP contribution in [0.4, 0.5) is 0 Å². The largest absolute Gasteiger partial charge is 0.342 e. The van der Waals surface area contributed by atoms with E-state index >= 15 is 0 Å². The molecule has 2 aromatic heterocycles. The molecule has 0 fully saturated rings. The lowest BCUT2D eigenvalue weighted by atomic mass is 10.0. The molecule has 0 amide bonds. The molecule has 0 spiro atoms. The Morgan fingerprint density at radius 2 is 2.33 bits per heavy atom. The molecule has 15 heavy (non-hydrogen) atoms. The maximum atomic E-state index is 5.84. The highest BCUT2D eigenvalue weighted by Gasteiger charge is 2.18. The van der Waals surface area contributed by atoms with Crippen LogP contribution in [0.2, 0.25) is 0 Å². The van der Waals surface area contributed by atoms with E-state index in [2.05, 4.69) is 20.1 Å².